The van der Waals surface area contributed by atoms with Crippen LogP contribution in [0.25, 0.3) is 0 Å². The molecule has 0 saturated carbocycles. The molecule has 29 heavy (non-hydrogen) atoms. The molecule has 1 saturated heterocycles. The molecule has 2 N–H and O–H groups in total. The number of nitrogens with one attached hydrogen (secondary N) is 1. The van der Waals surface area contributed by atoms with Gasteiger partial charge in [-0.05, 0) is 48.9 Å². The third-order valence-electron chi connectivity index (χ3n) is 5.20. The van der Waals surface area contributed by atoms with Crippen LogP contribution in [-0.4, -0.2) is 59.8 Å². The van der Waals surface area contributed by atoms with E-state index in [1.807, 2.05) is 25.1 Å². The number of nitrogens with zero attached hydrogens (tertiary/aromatic N) is 2. The fourth-order valence-electron chi connectivity index (χ4n) is 3.44. The van der Waals surface area contributed by atoms with E-state index in [9.17, 15) is 14.7 Å². The molecule has 4 rings (SSSR count). The lowest BCUT2D eigenvalue weighted by atomic mass is 10.1. The summed E-state index contributed by atoms with van der Waals surface area (Å²) in [5.74, 6) is 1.42. The normalized spacial score (nSPS) is 16.4. The number of amides is 3. The van der Waals surface area contributed by atoms with Gasteiger partial charge in [0, 0.05) is 31.7 Å². The van der Waals surface area contributed by atoms with Gasteiger partial charge in [0.1, 0.15) is 5.75 Å². The number of piperazine rings is 1. The molecule has 3 amide bonds. The van der Waals surface area contributed by atoms with Crippen molar-refractivity contribution in [3.05, 3.63) is 53.6 Å². The first-order valence-corrected chi connectivity index (χ1v) is 9.54. The summed E-state index contributed by atoms with van der Waals surface area (Å²) < 4.78 is 10.7. The summed E-state index contributed by atoms with van der Waals surface area (Å²) in [5, 5.41) is 12.4. The summed E-state index contributed by atoms with van der Waals surface area (Å²) >= 11 is 0. The lowest BCUT2D eigenvalue weighted by Crippen LogP contribution is -2.53. The van der Waals surface area contributed by atoms with Crippen molar-refractivity contribution in [3.8, 4) is 17.2 Å². The Balaban J connectivity index is 1.30. The van der Waals surface area contributed by atoms with Gasteiger partial charge >= 0.3 is 6.03 Å². The van der Waals surface area contributed by atoms with Gasteiger partial charge in [-0.1, -0.05) is 6.07 Å². The van der Waals surface area contributed by atoms with Gasteiger partial charge in [0.25, 0.3) is 5.91 Å². The highest BCUT2D eigenvalue weighted by molar-refractivity contribution is 5.94. The highest BCUT2D eigenvalue weighted by Crippen LogP contribution is 2.34. The second-order valence-corrected chi connectivity index (χ2v) is 7.11. The number of phenolic OH excluding ortho intramolecular Hbond substituents is 1. The molecule has 2 aromatic carbocycles. The Kier molecular flexibility index (Phi) is 5.16. The topological polar surface area (TPSA) is 91.3 Å². The SMILES string of the molecule is CC(NC(=O)N1CCN(C(=O)c2ccc(O)cc2)CC1)c1ccc2c(c1)OCO2. The Morgan fingerprint density at radius 3 is 2.34 bits per heavy atom. The number of carbonyl (C=O) groups is 2. The minimum absolute atomic E-state index is 0.0983. The van der Waals surface area contributed by atoms with Crippen molar-refractivity contribution in [2.24, 2.45) is 0 Å². The molecule has 2 heterocycles. The van der Waals surface area contributed by atoms with E-state index in [-0.39, 0.29) is 30.5 Å². The van der Waals surface area contributed by atoms with E-state index in [0.29, 0.717) is 43.2 Å². The molecule has 1 unspecified atom stereocenters. The predicted molar refractivity (Wildman–Crippen MR) is 105 cm³/mol. The number of phenols is 1. The standard InChI is InChI=1S/C21H23N3O5/c1-14(16-4-7-18-19(12-16)29-13-28-18)22-21(27)24-10-8-23(9-11-24)20(26)15-2-5-17(25)6-3-15/h2-7,12,14,25H,8-11,13H2,1H3,(H,22,27). The number of ether oxygens (including phenoxy) is 2. The second kappa shape index (κ2) is 7.90. The first kappa shape index (κ1) is 18.9. The summed E-state index contributed by atoms with van der Waals surface area (Å²) in [6, 6.07) is 11.5. The maximum absolute atomic E-state index is 12.6. The summed E-state index contributed by atoms with van der Waals surface area (Å²) in [7, 11) is 0. The second-order valence-electron chi connectivity index (χ2n) is 7.11. The predicted octanol–water partition coefficient (Wildman–Crippen LogP) is 2.35. The number of rotatable bonds is 3. The number of hydrogen-bond donors (Lipinski definition) is 2. The molecule has 152 valence electrons. The Labute approximate surface area is 168 Å². The molecule has 1 atom stereocenters. The monoisotopic (exact) mass is 397 g/mol. The summed E-state index contributed by atoms with van der Waals surface area (Å²) in [6.45, 7) is 3.98. The van der Waals surface area contributed by atoms with E-state index < -0.39 is 0 Å². The number of fused-ring (bicyclic) bond motifs is 1. The van der Waals surface area contributed by atoms with Gasteiger partial charge in [0.05, 0.1) is 6.04 Å². The summed E-state index contributed by atoms with van der Waals surface area (Å²) in [5.41, 5.74) is 1.46. The Bertz CT molecular complexity index is 907. The van der Waals surface area contributed by atoms with Crippen molar-refractivity contribution in [1.29, 1.82) is 0 Å². The molecule has 0 aliphatic carbocycles. The molecule has 2 aliphatic heterocycles. The maximum Gasteiger partial charge on any atom is 0.317 e. The molecular formula is C21H23N3O5. The Morgan fingerprint density at radius 1 is 0.966 bits per heavy atom. The Hall–Kier alpha value is -3.42. The van der Waals surface area contributed by atoms with E-state index in [1.54, 1.807) is 21.9 Å². The third kappa shape index (κ3) is 4.06. The van der Waals surface area contributed by atoms with Crippen molar-refractivity contribution < 1.29 is 24.2 Å². The van der Waals surface area contributed by atoms with Crippen LogP contribution in [-0.2, 0) is 0 Å². The first-order chi connectivity index (χ1) is 14.0. The van der Waals surface area contributed by atoms with Gasteiger partial charge in [0.15, 0.2) is 11.5 Å². The fraction of sp³-hybridized carbons (Fsp3) is 0.333. The molecule has 8 nitrogen and oxygen atoms in total. The van der Waals surface area contributed by atoms with Crippen LogP contribution in [0.3, 0.4) is 0 Å². The smallest absolute Gasteiger partial charge is 0.317 e. The van der Waals surface area contributed by atoms with Gasteiger partial charge in [-0.2, -0.15) is 0 Å². The first-order valence-electron chi connectivity index (χ1n) is 9.54. The number of hydrogen-bond acceptors (Lipinski definition) is 5. The maximum atomic E-state index is 12.6. The van der Waals surface area contributed by atoms with Crippen LogP contribution in [0.5, 0.6) is 17.2 Å². The van der Waals surface area contributed by atoms with E-state index in [1.165, 1.54) is 12.1 Å². The average Bonchev–Trinajstić information content (AvgIpc) is 3.21. The lowest BCUT2D eigenvalue weighted by molar-refractivity contribution is 0.0663. The van der Waals surface area contributed by atoms with Crippen molar-refractivity contribution >= 4 is 11.9 Å². The highest BCUT2D eigenvalue weighted by atomic mass is 16.7. The largest absolute Gasteiger partial charge is 0.508 e. The number of carbonyl (C=O) groups excluding carboxylic acids is 2. The van der Waals surface area contributed by atoms with Crippen LogP contribution < -0.4 is 14.8 Å². The zero-order chi connectivity index (χ0) is 20.4. The Morgan fingerprint density at radius 2 is 1.62 bits per heavy atom. The van der Waals surface area contributed by atoms with E-state index in [2.05, 4.69) is 5.32 Å². The van der Waals surface area contributed by atoms with Crippen molar-refractivity contribution in [2.75, 3.05) is 33.0 Å². The van der Waals surface area contributed by atoms with Crippen LogP contribution in [0, 0.1) is 0 Å². The summed E-state index contributed by atoms with van der Waals surface area (Å²) in [4.78, 5) is 28.6. The molecule has 2 aromatic rings. The third-order valence-corrected chi connectivity index (χ3v) is 5.20. The van der Waals surface area contributed by atoms with Gasteiger partial charge in [0.2, 0.25) is 6.79 Å². The van der Waals surface area contributed by atoms with Gasteiger partial charge in [-0.3, -0.25) is 4.79 Å². The number of urea groups is 1. The van der Waals surface area contributed by atoms with Gasteiger partial charge in [-0.25, -0.2) is 4.79 Å². The molecule has 8 heteroatoms. The minimum atomic E-state index is -0.186. The van der Waals surface area contributed by atoms with E-state index >= 15 is 0 Å². The molecule has 0 spiro atoms. The molecule has 0 radical (unpaired) electrons. The van der Waals surface area contributed by atoms with E-state index in [0.717, 1.165) is 5.56 Å². The molecular weight excluding hydrogens is 374 g/mol. The fourth-order valence-corrected chi connectivity index (χ4v) is 3.44. The van der Waals surface area contributed by atoms with Crippen molar-refractivity contribution in [1.82, 2.24) is 15.1 Å². The zero-order valence-corrected chi connectivity index (χ0v) is 16.1. The van der Waals surface area contributed by atoms with Crippen molar-refractivity contribution in [2.45, 2.75) is 13.0 Å². The van der Waals surface area contributed by atoms with Crippen LogP contribution in [0.15, 0.2) is 42.5 Å². The van der Waals surface area contributed by atoms with Crippen LogP contribution in [0.4, 0.5) is 4.79 Å². The minimum Gasteiger partial charge on any atom is -0.508 e. The van der Waals surface area contributed by atoms with Crippen LogP contribution in [0.2, 0.25) is 0 Å². The molecule has 0 bridgehead atoms. The summed E-state index contributed by atoms with van der Waals surface area (Å²) in [6.07, 6.45) is 0. The highest BCUT2D eigenvalue weighted by Gasteiger charge is 2.26. The number of aromatic hydroxyl groups is 1. The van der Waals surface area contributed by atoms with Gasteiger partial charge < -0.3 is 29.7 Å². The zero-order valence-electron chi connectivity index (χ0n) is 16.1. The van der Waals surface area contributed by atoms with Crippen molar-refractivity contribution in [3.63, 3.8) is 0 Å². The molecule has 0 aromatic heterocycles. The molecule has 1 fully saturated rings. The van der Waals surface area contributed by atoms with Crippen LogP contribution >= 0.6 is 0 Å². The quantitative estimate of drug-likeness (QED) is 0.830. The average molecular weight is 397 g/mol. The lowest BCUT2D eigenvalue weighted by Gasteiger charge is -2.35. The van der Waals surface area contributed by atoms with Gasteiger partial charge in [-0.15, -0.1) is 0 Å². The molecule has 2 aliphatic rings. The van der Waals surface area contributed by atoms with E-state index in [4.69, 9.17) is 9.47 Å². The number of benzene rings is 2. The van der Waals surface area contributed by atoms with Crippen LogP contribution in [0.1, 0.15) is 28.9 Å².